The molecule has 0 amide bonds. The zero-order chi connectivity index (χ0) is 14.8. The molecule has 1 saturated heterocycles. The highest BCUT2D eigenvalue weighted by Gasteiger charge is 2.29. The van der Waals surface area contributed by atoms with Gasteiger partial charge in [0.15, 0.2) is 0 Å². The molecule has 4 nitrogen and oxygen atoms in total. The highest BCUT2D eigenvalue weighted by molar-refractivity contribution is 7.89. The molecular formula is C14H23ClN2O2S. The molecule has 0 radical (unpaired) electrons. The van der Waals surface area contributed by atoms with Gasteiger partial charge < -0.3 is 4.57 Å². The van der Waals surface area contributed by atoms with E-state index in [0.29, 0.717) is 29.8 Å². The lowest BCUT2D eigenvalue weighted by Crippen LogP contribution is -2.37. The molecule has 2 heterocycles. The standard InChI is InChI=1S/C14H23ClN2O2S/c1-3-6-16-11-14(9-13(16)10-15)20(18,19)17-7-4-12(2)5-8-17/h9,11-12H,3-8,10H2,1-2H3. The van der Waals surface area contributed by atoms with Gasteiger partial charge in [0.05, 0.1) is 5.88 Å². The van der Waals surface area contributed by atoms with E-state index in [1.807, 2.05) is 4.57 Å². The predicted octanol–water partition coefficient (Wildman–Crippen LogP) is 3.06. The maximum absolute atomic E-state index is 12.6. The number of nitrogens with zero attached hydrogens (tertiary/aromatic N) is 2. The summed E-state index contributed by atoms with van der Waals surface area (Å²) in [5, 5.41) is 0. The molecule has 0 spiro atoms. The zero-order valence-corrected chi connectivity index (χ0v) is 13.8. The average Bonchev–Trinajstić information content (AvgIpc) is 2.83. The first kappa shape index (κ1) is 15.9. The normalized spacial score (nSPS) is 18.6. The number of alkyl halides is 1. The summed E-state index contributed by atoms with van der Waals surface area (Å²) in [7, 11) is -3.36. The molecule has 1 fully saturated rings. The van der Waals surface area contributed by atoms with Gasteiger partial charge in [0, 0.05) is 31.5 Å². The van der Waals surface area contributed by atoms with Crippen molar-refractivity contribution >= 4 is 21.6 Å². The first-order chi connectivity index (χ1) is 9.48. The number of aryl methyl sites for hydroxylation is 1. The minimum atomic E-state index is -3.36. The van der Waals surface area contributed by atoms with Crippen LogP contribution in [0.3, 0.4) is 0 Å². The second-order valence-electron chi connectivity index (χ2n) is 5.58. The molecule has 0 saturated carbocycles. The third kappa shape index (κ3) is 3.21. The Hall–Kier alpha value is -0.520. The Bertz CT molecular complexity index is 546. The van der Waals surface area contributed by atoms with Crippen LogP contribution in [0, 0.1) is 5.92 Å². The van der Waals surface area contributed by atoms with Gasteiger partial charge in [0.25, 0.3) is 0 Å². The van der Waals surface area contributed by atoms with Crippen molar-refractivity contribution in [3.8, 4) is 0 Å². The molecule has 0 aromatic carbocycles. The summed E-state index contributed by atoms with van der Waals surface area (Å²) < 4.78 is 28.9. The third-order valence-electron chi connectivity index (χ3n) is 3.94. The van der Waals surface area contributed by atoms with E-state index in [4.69, 9.17) is 11.6 Å². The van der Waals surface area contributed by atoms with Crippen LogP contribution in [0.2, 0.25) is 0 Å². The first-order valence-corrected chi connectivity index (χ1v) is 9.21. The Morgan fingerprint density at radius 3 is 2.55 bits per heavy atom. The number of halogens is 1. The van der Waals surface area contributed by atoms with E-state index in [1.54, 1.807) is 16.6 Å². The van der Waals surface area contributed by atoms with Crippen molar-refractivity contribution in [3.63, 3.8) is 0 Å². The third-order valence-corrected chi connectivity index (χ3v) is 6.08. The molecule has 0 bridgehead atoms. The van der Waals surface area contributed by atoms with Crippen molar-refractivity contribution in [1.82, 2.24) is 8.87 Å². The van der Waals surface area contributed by atoms with E-state index in [9.17, 15) is 8.42 Å². The molecule has 0 aliphatic carbocycles. The van der Waals surface area contributed by atoms with Gasteiger partial charge in [0.1, 0.15) is 4.90 Å². The second kappa shape index (κ2) is 6.50. The van der Waals surface area contributed by atoms with Gasteiger partial charge in [-0.1, -0.05) is 13.8 Å². The summed E-state index contributed by atoms with van der Waals surface area (Å²) in [6.45, 7) is 6.29. The van der Waals surface area contributed by atoms with Crippen LogP contribution >= 0.6 is 11.6 Å². The van der Waals surface area contributed by atoms with E-state index in [2.05, 4.69) is 13.8 Å². The molecule has 1 aromatic rings. The minimum Gasteiger partial charge on any atom is -0.349 e. The van der Waals surface area contributed by atoms with Crippen molar-refractivity contribution < 1.29 is 8.42 Å². The van der Waals surface area contributed by atoms with Gasteiger partial charge in [-0.25, -0.2) is 8.42 Å². The first-order valence-electron chi connectivity index (χ1n) is 7.24. The molecule has 0 N–H and O–H groups in total. The Balaban J connectivity index is 2.25. The molecular weight excluding hydrogens is 296 g/mol. The fourth-order valence-electron chi connectivity index (χ4n) is 2.60. The van der Waals surface area contributed by atoms with Crippen LogP contribution in [0.1, 0.15) is 38.8 Å². The second-order valence-corrected chi connectivity index (χ2v) is 7.79. The van der Waals surface area contributed by atoms with E-state index < -0.39 is 10.0 Å². The number of aromatic nitrogens is 1. The zero-order valence-electron chi connectivity index (χ0n) is 12.2. The molecule has 1 aliphatic rings. The molecule has 1 aliphatic heterocycles. The summed E-state index contributed by atoms with van der Waals surface area (Å²) >= 11 is 5.91. The minimum absolute atomic E-state index is 0.340. The van der Waals surface area contributed by atoms with E-state index >= 15 is 0 Å². The molecule has 114 valence electrons. The van der Waals surface area contributed by atoms with Gasteiger partial charge in [-0.3, -0.25) is 0 Å². The molecule has 20 heavy (non-hydrogen) atoms. The number of sulfonamides is 1. The molecule has 0 unspecified atom stereocenters. The lowest BCUT2D eigenvalue weighted by atomic mass is 10.0. The van der Waals surface area contributed by atoms with E-state index in [1.165, 1.54) is 0 Å². The Labute approximate surface area is 126 Å². The van der Waals surface area contributed by atoms with Crippen molar-refractivity contribution in [1.29, 1.82) is 0 Å². The highest BCUT2D eigenvalue weighted by atomic mass is 35.5. The summed E-state index contributed by atoms with van der Waals surface area (Å²) in [4.78, 5) is 0.385. The molecule has 6 heteroatoms. The van der Waals surface area contributed by atoms with Crippen LogP contribution in [0.4, 0.5) is 0 Å². The smallest absolute Gasteiger partial charge is 0.244 e. The lowest BCUT2D eigenvalue weighted by Gasteiger charge is -2.29. The summed E-state index contributed by atoms with van der Waals surface area (Å²) in [6.07, 6.45) is 4.57. The maximum atomic E-state index is 12.6. The fourth-order valence-corrected chi connectivity index (χ4v) is 4.37. The Morgan fingerprint density at radius 2 is 2.00 bits per heavy atom. The quantitative estimate of drug-likeness (QED) is 0.783. The fraction of sp³-hybridized carbons (Fsp3) is 0.714. The van der Waals surface area contributed by atoms with Gasteiger partial charge in [-0.05, 0) is 31.2 Å². The number of piperidine rings is 1. The molecule has 2 rings (SSSR count). The largest absolute Gasteiger partial charge is 0.349 e. The molecule has 0 atom stereocenters. The monoisotopic (exact) mass is 318 g/mol. The summed E-state index contributed by atoms with van der Waals surface area (Å²) in [5.74, 6) is 0.955. The number of rotatable bonds is 5. The van der Waals surface area contributed by atoms with Crippen LogP contribution in [-0.2, 0) is 22.4 Å². The van der Waals surface area contributed by atoms with Crippen LogP contribution < -0.4 is 0 Å². The maximum Gasteiger partial charge on any atom is 0.244 e. The highest BCUT2D eigenvalue weighted by Crippen LogP contribution is 2.25. The topological polar surface area (TPSA) is 42.3 Å². The predicted molar refractivity (Wildman–Crippen MR) is 81.4 cm³/mol. The van der Waals surface area contributed by atoms with Crippen LogP contribution in [0.15, 0.2) is 17.2 Å². The van der Waals surface area contributed by atoms with E-state index in [0.717, 1.165) is 31.5 Å². The van der Waals surface area contributed by atoms with Crippen molar-refractivity contribution in [2.75, 3.05) is 13.1 Å². The Kier molecular flexibility index (Phi) is 5.15. The van der Waals surface area contributed by atoms with E-state index in [-0.39, 0.29) is 0 Å². The van der Waals surface area contributed by atoms with Crippen LogP contribution in [0.25, 0.3) is 0 Å². The van der Waals surface area contributed by atoms with Crippen LogP contribution in [0.5, 0.6) is 0 Å². The van der Waals surface area contributed by atoms with Crippen molar-refractivity contribution in [2.24, 2.45) is 5.92 Å². The Morgan fingerprint density at radius 1 is 1.35 bits per heavy atom. The van der Waals surface area contributed by atoms with Gasteiger partial charge in [-0.2, -0.15) is 4.31 Å². The van der Waals surface area contributed by atoms with Crippen molar-refractivity contribution in [3.05, 3.63) is 18.0 Å². The average molecular weight is 319 g/mol. The summed E-state index contributed by atoms with van der Waals surface area (Å²) in [5.41, 5.74) is 0.873. The van der Waals surface area contributed by atoms with Gasteiger partial charge in [-0.15, -0.1) is 11.6 Å². The SMILES string of the molecule is CCCn1cc(S(=O)(=O)N2CCC(C)CC2)cc1CCl. The van der Waals surface area contributed by atoms with Crippen LogP contribution in [-0.4, -0.2) is 30.4 Å². The summed E-state index contributed by atoms with van der Waals surface area (Å²) in [6, 6.07) is 1.72. The number of hydrogen-bond acceptors (Lipinski definition) is 2. The number of hydrogen-bond donors (Lipinski definition) is 0. The van der Waals surface area contributed by atoms with Gasteiger partial charge in [0.2, 0.25) is 10.0 Å². The van der Waals surface area contributed by atoms with Crippen molar-refractivity contribution in [2.45, 2.75) is 50.4 Å². The molecule has 1 aromatic heterocycles. The van der Waals surface area contributed by atoms with Gasteiger partial charge >= 0.3 is 0 Å². The lowest BCUT2D eigenvalue weighted by molar-refractivity contribution is 0.288.